The first-order valence-electron chi connectivity index (χ1n) is 9.66. The predicted molar refractivity (Wildman–Crippen MR) is 104 cm³/mol. The zero-order chi connectivity index (χ0) is 15.0. The van der Waals surface area contributed by atoms with E-state index in [0.717, 1.165) is 4.58 Å². The van der Waals surface area contributed by atoms with Crippen LogP contribution >= 0.6 is 23.5 Å². The van der Waals surface area contributed by atoms with Crippen molar-refractivity contribution < 1.29 is 0 Å². The van der Waals surface area contributed by atoms with Crippen LogP contribution in [0.15, 0.2) is 0 Å². The third kappa shape index (κ3) is 12.9. The maximum Gasteiger partial charge on any atom is 0.0502 e. The number of rotatable bonds is 14. The lowest BCUT2D eigenvalue weighted by molar-refractivity contribution is 0.538. The van der Waals surface area contributed by atoms with Crippen LogP contribution in [0.3, 0.4) is 0 Å². The average Bonchev–Trinajstić information content (AvgIpc) is 2.53. The van der Waals surface area contributed by atoms with Crippen molar-refractivity contribution in [1.82, 2.24) is 0 Å². The lowest BCUT2D eigenvalue weighted by atomic mass is 10.0. The van der Waals surface area contributed by atoms with Gasteiger partial charge in [0.1, 0.15) is 0 Å². The molecule has 2 heteroatoms. The molecule has 0 aromatic rings. The summed E-state index contributed by atoms with van der Waals surface area (Å²) in [5, 5.41) is 0. The van der Waals surface area contributed by atoms with Gasteiger partial charge >= 0.3 is 0 Å². The molecule has 0 nitrogen and oxygen atoms in total. The maximum absolute atomic E-state index is 2.30. The summed E-state index contributed by atoms with van der Waals surface area (Å²) in [5.41, 5.74) is 0. The number of thioether (sulfide) groups is 2. The van der Waals surface area contributed by atoms with Crippen molar-refractivity contribution >= 4 is 23.5 Å². The molecule has 0 spiro atoms. The van der Waals surface area contributed by atoms with E-state index in [1.165, 1.54) is 108 Å². The molecule has 126 valence electrons. The third-order valence-corrected chi connectivity index (χ3v) is 7.52. The Bertz CT molecular complexity index is 200. The van der Waals surface area contributed by atoms with E-state index in [4.69, 9.17) is 0 Å². The van der Waals surface area contributed by atoms with Crippen LogP contribution in [0.4, 0.5) is 0 Å². The van der Waals surface area contributed by atoms with Crippen molar-refractivity contribution in [1.29, 1.82) is 0 Å². The van der Waals surface area contributed by atoms with Crippen molar-refractivity contribution in [2.45, 2.75) is 108 Å². The molecule has 0 radical (unpaired) electrons. The standard InChI is InChI=1S/C19H38S2/c1-2-3-4-5-6-7-8-9-10-11-12-13-14-16-19-20-17-15-18-21-19/h19H,2-18H2,1H3. The number of unbranched alkanes of at least 4 members (excludes halogenated alkanes) is 12. The lowest BCUT2D eigenvalue weighted by Crippen LogP contribution is -2.06. The summed E-state index contributed by atoms with van der Waals surface area (Å²) in [5.74, 6) is 2.83. The molecule has 0 atom stereocenters. The Morgan fingerprint density at radius 2 is 1.05 bits per heavy atom. The van der Waals surface area contributed by atoms with E-state index in [1.807, 2.05) is 0 Å². The Morgan fingerprint density at radius 1 is 0.619 bits per heavy atom. The molecule has 0 N–H and O–H groups in total. The zero-order valence-corrected chi connectivity index (χ0v) is 16.0. The average molecular weight is 331 g/mol. The summed E-state index contributed by atoms with van der Waals surface area (Å²) < 4.78 is 0.937. The molecule has 1 fully saturated rings. The molecule has 0 aliphatic carbocycles. The minimum Gasteiger partial charge on any atom is -0.148 e. The summed E-state index contributed by atoms with van der Waals surface area (Å²) in [7, 11) is 0. The van der Waals surface area contributed by atoms with Gasteiger partial charge in [0, 0.05) is 0 Å². The van der Waals surface area contributed by atoms with Crippen molar-refractivity contribution in [3.05, 3.63) is 0 Å². The fourth-order valence-corrected chi connectivity index (χ4v) is 5.99. The van der Waals surface area contributed by atoms with Crippen LogP contribution in [0.5, 0.6) is 0 Å². The summed E-state index contributed by atoms with van der Waals surface area (Å²) in [6.07, 6.45) is 22.0. The van der Waals surface area contributed by atoms with Gasteiger partial charge in [-0.05, 0) is 24.3 Å². The van der Waals surface area contributed by atoms with E-state index in [0.29, 0.717) is 0 Å². The van der Waals surface area contributed by atoms with Crippen LogP contribution in [0, 0.1) is 0 Å². The Labute approximate surface area is 143 Å². The van der Waals surface area contributed by atoms with Crippen LogP contribution in [0.2, 0.25) is 0 Å². The van der Waals surface area contributed by atoms with Crippen LogP contribution in [-0.4, -0.2) is 16.1 Å². The van der Waals surface area contributed by atoms with Gasteiger partial charge in [0.15, 0.2) is 0 Å². The van der Waals surface area contributed by atoms with E-state index in [1.54, 1.807) is 0 Å². The molecule has 1 rings (SSSR count). The van der Waals surface area contributed by atoms with Crippen LogP contribution < -0.4 is 0 Å². The van der Waals surface area contributed by atoms with Crippen LogP contribution in [-0.2, 0) is 0 Å². The van der Waals surface area contributed by atoms with Gasteiger partial charge in [-0.2, -0.15) is 0 Å². The van der Waals surface area contributed by atoms with Crippen molar-refractivity contribution in [2.24, 2.45) is 0 Å². The van der Waals surface area contributed by atoms with Crippen LogP contribution in [0.1, 0.15) is 103 Å². The zero-order valence-electron chi connectivity index (χ0n) is 14.4. The van der Waals surface area contributed by atoms with Gasteiger partial charge in [-0.15, -0.1) is 23.5 Å². The molecule has 0 amide bonds. The maximum atomic E-state index is 2.30. The van der Waals surface area contributed by atoms with Crippen molar-refractivity contribution in [3.8, 4) is 0 Å². The number of hydrogen-bond acceptors (Lipinski definition) is 2. The van der Waals surface area contributed by atoms with Gasteiger partial charge in [0.05, 0.1) is 4.58 Å². The summed E-state index contributed by atoms with van der Waals surface area (Å²) >= 11 is 4.42. The Hall–Kier alpha value is 0.700. The molecule has 21 heavy (non-hydrogen) atoms. The molecule has 1 heterocycles. The van der Waals surface area contributed by atoms with Gasteiger partial charge in [-0.25, -0.2) is 0 Å². The molecule has 0 aromatic carbocycles. The molecule has 1 saturated heterocycles. The largest absolute Gasteiger partial charge is 0.148 e. The monoisotopic (exact) mass is 330 g/mol. The Morgan fingerprint density at radius 3 is 1.52 bits per heavy atom. The highest BCUT2D eigenvalue weighted by Crippen LogP contribution is 2.34. The molecule has 1 aliphatic heterocycles. The smallest absolute Gasteiger partial charge is 0.0502 e. The van der Waals surface area contributed by atoms with E-state index in [2.05, 4.69) is 30.4 Å². The quantitative estimate of drug-likeness (QED) is 0.300. The highest BCUT2D eigenvalue weighted by molar-refractivity contribution is 8.17. The molecule has 0 unspecified atom stereocenters. The van der Waals surface area contributed by atoms with E-state index >= 15 is 0 Å². The first kappa shape index (κ1) is 19.7. The lowest BCUT2D eigenvalue weighted by Gasteiger charge is -2.20. The second-order valence-corrected chi connectivity index (χ2v) is 9.48. The minimum atomic E-state index is 0.937. The van der Waals surface area contributed by atoms with Crippen molar-refractivity contribution in [3.63, 3.8) is 0 Å². The van der Waals surface area contributed by atoms with Crippen molar-refractivity contribution in [2.75, 3.05) is 11.5 Å². The second-order valence-electron chi connectivity index (χ2n) is 6.56. The summed E-state index contributed by atoms with van der Waals surface area (Å²) in [4.78, 5) is 0. The Kier molecular flexibility index (Phi) is 14.7. The topological polar surface area (TPSA) is 0 Å². The molecular formula is C19H38S2. The highest BCUT2D eigenvalue weighted by atomic mass is 32.2. The van der Waals surface area contributed by atoms with Crippen LogP contribution in [0.25, 0.3) is 0 Å². The highest BCUT2D eigenvalue weighted by Gasteiger charge is 2.13. The SMILES string of the molecule is CCCCCCCCCCCCCCCC1SCCCS1. The van der Waals surface area contributed by atoms with Gasteiger partial charge in [0.2, 0.25) is 0 Å². The second kappa shape index (κ2) is 15.6. The molecule has 0 saturated carbocycles. The summed E-state index contributed by atoms with van der Waals surface area (Å²) in [6.45, 7) is 2.30. The van der Waals surface area contributed by atoms with E-state index < -0.39 is 0 Å². The molecule has 0 aromatic heterocycles. The van der Waals surface area contributed by atoms with E-state index in [9.17, 15) is 0 Å². The fourth-order valence-electron chi connectivity index (χ4n) is 3.03. The predicted octanol–water partition coefficient (Wildman–Crippen LogP) is 7.66. The Balaban J connectivity index is 1.69. The minimum absolute atomic E-state index is 0.937. The van der Waals surface area contributed by atoms with Gasteiger partial charge in [0.25, 0.3) is 0 Å². The van der Waals surface area contributed by atoms with Gasteiger partial charge < -0.3 is 0 Å². The third-order valence-electron chi connectivity index (χ3n) is 4.44. The first-order valence-corrected chi connectivity index (χ1v) is 11.8. The molecular weight excluding hydrogens is 292 g/mol. The normalized spacial score (nSPS) is 16.4. The van der Waals surface area contributed by atoms with Gasteiger partial charge in [-0.3, -0.25) is 0 Å². The first-order chi connectivity index (χ1) is 10.4. The fraction of sp³-hybridized carbons (Fsp3) is 1.00. The van der Waals surface area contributed by atoms with E-state index in [-0.39, 0.29) is 0 Å². The number of hydrogen-bond donors (Lipinski definition) is 0. The molecule has 1 aliphatic rings. The summed E-state index contributed by atoms with van der Waals surface area (Å²) in [6, 6.07) is 0. The van der Waals surface area contributed by atoms with Gasteiger partial charge in [-0.1, -0.05) is 90.4 Å². The molecule has 0 bridgehead atoms.